The number of nitrogens with zero attached hydrogens (tertiary/aromatic N) is 1. The van der Waals surface area contributed by atoms with Crippen molar-refractivity contribution in [2.45, 2.75) is 25.4 Å². The van der Waals surface area contributed by atoms with Gasteiger partial charge in [-0.15, -0.1) is 0 Å². The Labute approximate surface area is 99.5 Å². The van der Waals surface area contributed by atoms with Gasteiger partial charge in [0.1, 0.15) is 0 Å². The van der Waals surface area contributed by atoms with Crippen molar-refractivity contribution in [1.82, 2.24) is 4.98 Å². The van der Waals surface area contributed by atoms with E-state index in [1.165, 1.54) is 18.5 Å². The van der Waals surface area contributed by atoms with Crippen LogP contribution in [0.1, 0.15) is 29.6 Å². The first kappa shape index (κ1) is 11.9. The molecule has 2 rings (SSSR count). The molecule has 5 heteroatoms. The van der Waals surface area contributed by atoms with Crippen molar-refractivity contribution in [3.8, 4) is 0 Å². The summed E-state index contributed by atoms with van der Waals surface area (Å²) in [6.45, 7) is 0.684. The number of pyridine rings is 1. The first-order chi connectivity index (χ1) is 8.16. The van der Waals surface area contributed by atoms with E-state index in [1.807, 2.05) is 0 Å². The highest BCUT2D eigenvalue weighted by Crippen LogP contribution is 2.26. The predicted octanol–water partition coefficient (Wildman–Crippen LogP) is 1.35. The predicted molar refractivity (Wildman–Crippen MR) is 63.0 cm³/mol. The molecule has 5 nitrogen and oxygen atoms in total. The molecule has 0 aromatic carbocycles. The van der Waals surface area contributed by atoms with Gasteiger partial charge in [-0.3, -0.25) is 4.98 Å². The van der Waals surface area contributed by atoms with Crippen molar-refractivity contribution < 1.29 is 15.0 Å². The molecule has 92 valence electrons. The summed E-state index contributed by atoms with van der Waals surface area (Å²) in [7, 11) is 0. The number of aromatic nitrogens is 1. The minimum atomic E-state index is -0.957. The molecule has 1 saturated carbocycles. The zero-order chi connectivity index (χ0) is 12.3. The summed E-state index contributed by atoms with van der Waals surface area (Å²) in [6, 6.07) is 1.48. The van der Waals surface area contributed by atoms with Crippen LogP contribution in [0.4, 0.5) is 5.69 Å². The van der Waals surface area contributed by atoms with E-state index in [1.54, 1.807) is 0 Å². The fourth-order valence-corrected chi connectivity index (χ4v) is 2.21. The molecule has 1 aromatic heterocycles. The van der Waals surface area contributed by atoms with Crippen LogP contribution in [-0.2, 0) is 0 Å². The molecule has 1 aromatic rings. The lowest BCUT2D eigenvalue weighted by molar-refractivity contribution is 0.0697. The van der Waals surface area contributed by atoms with Crippen molar-refractivity contribution in [2.24, 2.45) is 5.92 Å². The maximum absolute atomic E-state index is 11.0. The average molecular weight is 236 g/mol. The quantitative estimate of drug-likeness (QED) is 0.735. The lowest BCUT2D eigenvalue weighted by Gasteiger charge is -2.13. The Bertz CT molecular complexity index is 408. The van der Waals surface area contributed by atoms with Crippen LogP contribution in [0.15, 0.2) is 18.5 Å². The highest BCUT2D eigenvalue weighted by Gasteiger charge is 2.22. The third-order valence-corrected chi connectivity index (χ3v) is 3.15. The molecule has 2 unspecified atom stereocenters. The van der Waals surface area contributed by atoms with Crippen LogP contribution in [0.3, 0.4) is 0 Å². The molecule has 1 heterocycles. The van der Waals surface area contributed by atoms with Gasteiger partial charge < -0.3 is 15.5 Å². The zero-order valence-electron chi connectivity index (χ0n) is 9.47. The molecule has 0 amide bonds. The lowest BCUT2D eigenvalue weighted by atomic mass is 10.1. The largest absolute Gasteiger partial charge is 0.478 e. The number of rotatable bonds is 4. The van der Waals surface area contributed by atoms with E-state index in [4.69, 9.17) is 5.11 Å². The van der Waals surface area contributed by atoms with E-state index in [0.717, 1.165) is 19.3 Å². The van der Waals surface area contributed by atoms with Gasteiger partial charge in [-0.1, -0.05) is 0 Å². The Morgan fingerprint density at radius 2 is 2.35 bits per heavy atom. The normalized spacial score (nSPS) is 23.6. The molecule has 0 saturated heterocycles. The number of nitrogens with one attached hydrogen (secondary N) is 1. The Hall–Kier alpha value is -1.62. The van der Waals surface area contributed by atoms with Gasteiger partial charge in [-0.05, 0) is 31.2 Å². The van der Waals surface area contributed by atoms with Gasteiger partial charge in [0.2, 0.25) is 0 Å². The highest BCUT2D eigenvalue weighted by molar-refractivity contribution is 5.93. The minimum Gasteiger partial charge on any atom is -0.478 e. The summed E-state index contributed by atoms with van der Waals surface area (Å²) >= 11 is 0. The first-order valence-corrected chi connectivity index (χ1v) is 5.76. The topological polar surface area (TPSA) is 82.5 Å². The Morgan fingerprint density at radius 1 is 1.53 bits per heavy atom. The second-order valence-corrected chi connectivity index (χ2v) is 4.44. The standard InChI is InChI=1S/C12H16N2O3/c15-9-2-1-8(5-9)6-14-11-7-13-4-3-10(11)12(16)17/h3-4,7-9,14-15H,1-2,5-6H2,(H,16,17). The van der Waals surface area contributed by atoms with Crippen molar-refractivity contribution in [2.75, 3.05) is 11.9 Å². The second-order valence-electron chi connectivity index (χ2n) is 4.44. The van der Waals surface area contributed by atoms with Gasteiger partial charge in [0.05, 0.1) is 23.6 Å². The van der Waals surface area contributed by atoms with E-state index >= 15 is 0 Å². The summed E-state index contributed by atoms with van der Waals surface area (Å²) in [4.78, 5) is 14.9. The zero-order valence-corrected chi connectivity index (χ0v) is 9.47. The third-order valence-electron chi connectivity index (χ3n) is 3.15. The molecule has 0 bridgehead atoms. The van der Waals surface area contributed by atoms with Crippen LogP contribution in [0, 0.1) is 5.92 Å². The molecule has 3 N–H and O–H groups in total. The van der Waals surface area contributed by atoms with Crippen LogP contribution in [0.2, 0.25) is 0 Å². The van der Waals surface area contributed by atoms with Crippen molar-refractivity contribution in [3.63, 3.8) is 0 Å². The highest BCUT2D eigenvalue weighted by atomic mass is 16.4. The molecule has 1 aliphatic rings. The Balaban J connectivity index is 1.97. The van der Waals surface area contributed by atoms with Crippen molar-refractivity contribution in [3.05, 3.63) is 24.0 Å². The van der Waals surface area contributed by atoms with E-state index in [2.05, 4.69) is 10.3 Å². The summed E-state index contributed by atoms with van der Waals surface area (Å²) in [6.07, 6.45) is 5.40. The Morgan fingerprint density at radius 3 is 3.00 bits per heavy atom. The minimum absolute atomic E-state index is 0.199. The maximum atomic E-state index is 11.0. The molecule has 1 aliphatic carbocycles. The number of carbonyl (C=O) groups is 1. The molecule has 2 atom stereocenters. The number of hydrogen-bond donors (Lipinski definition) is 3. The van der Waals surface area contributed by atoms with Crippen LogP contribution >= 0.6 is 0 Å². The smallest absolute Gasteiger partial charge is 0.337 e. The molecule has 17 heavy (non-hydrogen) atoms. The van der Waals surface area contributed by atoms with Crippen molar-refractivity contribution >= 4 is 11.7 Å². The molecular formula is C12H16N2O3. The summed E-state index contributed by atoms with van der Waals surface area (Å²) in [5, 5.41) is 21.5. The SMILES string of the molecule is O=C(O)c1ccncc1NCC1CCC(O)C1. The summed E-state index contributed by atoms with van der Waals surface area (Å²) in [5.41, 5.74) is 0.778. The van der Waals surface area contributed by atoms with Crippen molar-refractivity contribution in [1.29, 1.82) is 0 Å². The lowest BCUT2D eigenvalue weighted by Crippen LogP contribution is -2.15. The van der Waals surface area contributed by atoms with Crippen LogP contribution in [0.25, 0.3) is 0 Å². The molecule has 0 spiro atoms. The van der Waals surface area contributed by atoms with E-state index in [-0.39, 0.29) is 11.7 Å². The maximum Gasteiger partial charge on any atom is 0.337 e. The van der Waals surface area contributed by atoms with Crippen LogP contribution in [0.5, 0.6) is 0 Å². The molecule has 0 aliphatic heterocycles. The van der Waals surface area contributed by atoms with Gasteiger partial charge in [0, 0.05) is 12.7 Å². The van der Waals surface area contributed by atoms with Gasteiger partial charge >= 0.3 is 5.97 Å². The van der Waals surface area contributed by atoms with Gasteiger partial charge in [-0.2, -0.15) is 0 Å². The first-order valence-electron chi connectivity index (χ1n) is 5.76. The average Bonchev–Trinajstić information content (AvgIpc) is 2.73. The molecule has 1 fully saturated rings. The van der Waals surface area contributed by atoms with Gasteiger partial charge in [0.25, 0.3) is 0 Å². The van der Waals surface area contributed by atoms with E-state index in [0.29, 0.717) is 18.2 Å². The number of aliphatic hydroxyl groups excluding tert-OH is 1. The van der Waals surface area contributed by atoms with Gasteiger partial charge in [0.15, 0.2) is 0 Å². The number of aromatic carboxylic acids is 1. The monoisotopic (exact) mass is 236 g/mol. The van der Waals surface area contributed by atoms with E-state index < -0.39 is 5.97 Å². The summed E-state index contributed by atoms with van der Waals surface area (Å²) < 4.78 is 0. The number of carboxylic acid groups (broad SMARTS) is 1. The molecular weight excluding hydrogens is 220 g/mol. The second kappa shape index (κ2) is 5.14. The van der Waals surface area contributed by atoms with Crippen LogP contribution in [-0.4, -0.2) is 33.8 Å². The number of carboxylic acids is 1. The van der Waals surface area contributed by atoms with E-state index in [9.17, 15) is 9.90 Å². The fourth-order valence-electron chi connectivity index (χ4n) is 2.21. The van der Waals surface area contributed by atoms with Gasteiger partial charge in [-0.25, -0.2) is 4.79 Å². The van der Waals surface area contributed by atoms with Crippen LogP contribution < -0.4 is 5.32 Å². The Kier molecular flexibility index (Phi) is 3.58. The number of aliphatic hydroxyl groups is 1. The molecule has 0 radical (unpaired) electrons. The summed E-state index contributed by atoms with van der Waals surface area (Å²) in [5.74, 6) is -0.548. The number of hydrogen-bond acceptors (Lipinski definition) is 4. The third kappa shape index (κ3) is 2.94. The number of anilines is 1. The fraction of sp³-hybridized carbons (Fsp3) is 0.500.